The van der Waals surface area contributed by atoms with Gasteiger partial charge in [0, 0.05) is 6.04 Å². The van der Waals surface area contributed by atoms with E-state index in [2.05, 4.69) is 15.7 Å². The predicted octanol–water partition coefficient (Wildman–Crippen LogP) is 3.81. The number of carbonyl (C=O) groups excluding carboxylic acids is 1. The molecule has 0 fully saturated rings. The SMILES string of the molecule is CC(Cc1ccsc1)NC(=O)c1nc(Cl)ccc1Cl. The topological polar surface area (TPSA) is 42.0 Å². The van der Waals surface area contributed by atoms with Gasteiger partial charge in [-0.15, -0.1) is 0 Å². The van der Waals surface area contributed by atoms with Crippen LogP contribution >= 0.6 is 34.5 Å². The molecule has 0 aliphatic carbocycles. The number of nitrogens with one attached hydrogen (secondary N) is 1. The summed E-state index contributed by atoms with van der Waals surface area (Å²) in [5.41, 5.74) is 1.36. The van der Waals surface area contributed by atoms with Crippen LogP contribution in [0.5, 0.6) is 0 Å². The van der Waals surface area contributed by atoms with Crippen LogP contribution in [0.3, 0.4) is 0 Å². The molecule has 1 unspecified atom stereocenters. The lowest BCUT2D eigenvalue weighted by Gasteiger charge is -2.13. The molecule has 0 aromatic carbocycles. The highest BCUT2D eigenvalue weighted by Gasteiger charge is 2.15. The van der Waals surface area contributed by atoms with Crippen LogP contribution in [0.4, 0.5) is 0 Å². The van der Waals surface area contributed by atoms with Gasteiger partial charge in [-0.1, -0.05) is 23.2 Å². The van der Waals surface area contributed by atoms with Crippen LogP contribution in [0.2, 0.25) is 10.2 Å². The highest BCUT2D eigenvalue weighted by Crippen LogP contribution is 2.17. The molecular formula is C13H12Cl2N2OS. The minimum absolute atomic E-state index is 0.000974. The summed E-state index contributed by atoms with van der Waals surface area (Å²) < 4.78 is 0. The van der Waals surface area contributed by atoms with Gasteiger partial charge in [-0.3, -0.25) is 4.79 Å². The fourth-order valence-electron chi connectivity index (χ4n) is 1.68. The van der Waals surface area contributed by atoms with Crippen molar-refractivity contribution in [1.29, 1.82) is 0 Å². The Balaban J connectivity index is 2.02. The predicted molar refractivity (Wildman–Crippen MR) is 79.2 cm³/mol. The van der Waals surface area contributed by atoms with Crippen molar-refractivity contribution in [3.05, 3.63) is 50.4 Å². The number of hydrogen-bond acceptors (Lipinski definition) is 3. The van der Waals surface area contributed by atoms with Gasteiger partial charge in [-0.05, 0) is 47.9 Å². The molecule has 0 saturated heterocycles. The van der Waals surface area contributed by atoms with Crippen molar-refractivity contribution in [2.75, 3.05) is 0 Å². The molecule has 1 N–H and O–H groups in total. The van der Waals surface area contributed by atoms with E-state index in [0.29, 0.717) is 5.02 Å². The van der Waals surface area contributed by atoms with Crippen molar-refractivity contribution < 1.29 is 4.79 Å². The number of carbonyl (C=O) groups is 1. The fourth-order valence-corrected chi connectivity index (χ4v) is 2.70. The van der Waals surface area contributed by atoms with Crippen LogP contribution in [0.15, 0.2) is 29.0 Å². The summed E-state index contributed by atoms with van der Waals surface area (Å²) in [6.07, 6.45) is 0.771. The smallest absolute Gasteiger partial charge is 0.271 e. The van der Waals surface area contributed by atoms with Crippen LogP contribution in [0.25, 0.3) is 0 Å². The van der Waals surface area contributed by atoms with E-state index in [9.17, 15) is 4.79 Å². The molecule has 2 rings (SSSR count). The maximum absolute atomic E-state index is 12.0. The van der Waals surface area contributed by atoms with E-state index in [1.54, 1.807) is 23.5 Å². The Labute approximate surface area is 125 Å². The summed E-state index contributed by atoms with van der Waals surface area (Å²) in [7, 11) is 0. The van der Waals surface area contributed by atoms with Gasteiger partial charge in [0.2, 0.25) is 0 Å². The van der Waals surface area contributed by atoms with Gasteiger partial charge in [0.05, 0.1) is 5.02 Å². The number of hydrogen-bond donors (Lipinski definition) is 1. The Kier molecular flexibility index (Phi) is 4.80. The lowest BCUT2D eigenvalue weighted by atomic mass is 10.1. The van der Waals surface area contributed by atoms with E-state index in [0.717, 1.165) is 6.42 Å². The van der Waals surface area contributed by atoms with Crippen molar-refractivity contribution in [2.24, 2.45) is 0 Å². The molecule has 0 aliphatic rings. The Morgan fingerprint density at radius 3 is 2.89 bits per heavy atom. The van der Waals surface area contributed by atoms with Gasteiger partial charge in [0.25, 0.3) is 5.91 Å². The van der Waals surface area contributed by atoms with Crippen LogP contribution in [-0.4, -0.2) is 16.9 Å². The number of amides is 1. The van der Waals surface area contributed by atoms with Crippen molar-refractivity contribution in [3.63, 3.8) is 0 Å². The third-order valence-corrected chi connectivity index (χ3v) is 3.77. The minimum Gasteiger partial charge on any atom is -0.348 e. The normalized spacial score (nSPS) is 12.2. The van der Waals surface area contributed by atoms with Crippen LogP contribution in [0.1, 0.15) is 23.0 Å². The number of rotatable bonds is 4. The molecule has 0 aliphatic heterocycles. The molecule has 0 spiro atoms. The molecule has 6 heteroatoms. The average Bonchev–Trinajstić information content (AvgIpc) is 2.84. The zero-order chi connectivity index (χ0) is 13.8. The third kappa shape index (κ3) is 3.93. The van der Waals surface area contributed by atoms with E-state index in [1.807, 2.05) is 18.4 Å². The monoisotopic (exact) mass is 314 g/mol. The zero-order valence-corrected chi connectivity index (χ0v) is 12.5. The summed E-state index contributed by atoms with van der Waals surface area (Å²) >= 11 is 13.3. The largest absolute Gasteiger partial charge is 0.348 e. The summed E-state index contributed by atoms with van der Waals surface area (Å²) in [5, 5.41) is 7.48. The Morgan fingerprint density at radius 2 is 2.21 bits per heavy atom. The lowest BCUT2D eigenvalue weighted by Crippen LogP contribution is -2.34. The molecule has 100 valence electrons. The van der Waals surface area contributed by atoms with Crippen molar-refractivity contribution >= 4 is 40.4 Å². The summed E-state index contributed by atoms with van der Waals surface area (Å²) in [5.74, 6) is -0.310. The van der Waals surface area contributed by atoms with Crippen LogP contribution in [0, 0.1) is 0 Å². The number of nitrogens with zero attached hydrogens (tertiary/aromatic N) is 1. The van der Waals surface area contributed by atoms with Gasteiger partial charge in [0.15, 0.2) is 0 Å². The second-order valence-electron chi connectivity index (χ2n) is 4.17. The molecular weight excluding hydrogens is 303 g/mol. The quantitative estimate of drug-likeness (QED) is 0.872. The molecule has 2 heterocycles. The Morgan fingerprint density at radius 1 is 1.42 bits per heavy atom. The Hall–Kier alpha value is -1.10. The first kappa shape index (κ1) is 14.3. The van der Waals surface area contributed by atoms with E-state index in [-0.39, 0.29) is 22.8 Å². The first-order chi connectivity index (χ1) is 9.06. The second kappa shape index (κ2) is 6.37. The zero-order valence-electron chi connectivity index (χ0n) is 10.2. The van der Waals surface area contributed by atoms with E-state index >= 15 is 0 Å². The highest BCUT2D eigenvalue weighted by atomic mass is 35.5. The molecule has 0 bridgehead atoms. The van der Waals surface area contributed by atoms with Crippen molar-refractivity contribution in [3.8, 4) is 0 Å². The molecule has 1 amide bonds. The molecule has 0 radical (unpaired) electrons. The molecule has 3 nitrogen and oxygen atoms in total. The van der Waals surface area contributed by atoms with Crippen molar-refractivity contribution in [1.82, 2.24) is 10.3 Å². The maximum Gasteiger partial charge on any atom is 0.271 e. The summed E-state index contributed by atoms with van der Waals surface area (Å²) in [6, 6.07) is 5.15. The standard InChI is InChI=1S/C13H12Cl2N2OS/c1-8(6-9-4-5-19-7-9)16-13(18)12-10(14)2-3-11(15)17-12/h2-5,7-8H,6H2,1H3,(H,16,18). The van der Waals surface area contributed by atoms with E-state index < -0.39 is 0 Å². The maximum atomic E-state index is 12.0. The van der Waals surface area contributed by atoms with Crippen LogP contribution in [-0.2, 0) is 6.42 Å². The van der Waals surface area contributed by atoms with Gasteiger partial charge in [0.1, 0.15) is 10.8 Å². The van der Waals surface area contributed by atoms with Gasteiger partial charge in [-0.2, -0.15) is 11.3 Å². The van der Waals surface area contributed by atoms with E-state index in [4.69, 9.17) is 23.2 Å². The highest BCUT2D eigenvalue weighted by molar-refractivity contribution is 7.07. The van der Waals surface area contributed by atoms with Gasteiger partial charge in [-0.25, -0.2) is 4.98 Å². The lowest BCUT2D eigenvalue weighted by molar-refractivity contribution is 0.0935. The molecule has 0 saturated carbocycles. The molecule has 2 aromatic heterocycles. The Bertz CT molecular complexity index is 572. The number of halogens is 2. The molecule has 1 atom stereocenters. The summed E-state index contributed by atoms with van der Waals surface area (Å²) in [6.45, 7) is 1.94. The number of pyridine rings is 1. The number of thiophene rings is 1. The minimum atomic E-state index is -0.310. The van der Waals surface area contributed by atoms with Crippen molar-refractivity contribution in [2.45, 2.75) is 19.4 Å². The molecule has 19 heavy (non-hydrogen) atoms. The fraction of sp³-hybridized carbons (Fsp3) is 0.231. The number of aromatic nitrogens is 1. The second-order valence-corrected chi connectivity index (χ2v) is 5.75. The van der Waals surface area contributed by atoms with Crippen LogP contribution < -0.4 is 5.32 Å². The van der Waals surface area contributed by atoms with Gasteiger partial charge < -0.3 is 5.32 Å². The molecule has 2 aromatic rings. The van der Waals surface area contributed by atoms with E-state index in [1.165, 1.54) is 5.56 Å². The first-order valence-electron chi connectivity index (χ1n) is 5.70. The third-order valence-electron chi connectivity index (χ3n) is 2.53. The first-order valence-corrected chi connectivity index (χ1v) is 7.40. The van der Waals surface area contributed by atoms with Gasteiger partial charge >= 0.3 is 0 Å². The summed E-state index contributed by atoms with van der Waals surface area (Å²) in [4.78, 5) is 16.0. The average molecular weight is 315 g/mol.